The second-order valence-electron chi connectivity index (χ2n) is 5.01. The molecule has 0 radical (unpaired) electrons. The number of nitrogens with zero attached hydrogens (tertiary/aromatic N) is 4. The fourth-order valence-electron chi connectivity index (χ4n) is 2.50. The molecule has 1 aromatic rings. The number of anilines is 1. The first-order valence-electron chi connectivity index (χ1n) is 6.64. The van der Waals surface area contributed by atoms with Gasteiger partial charge in [-0.05, 0) is 12.8 Å². The predicted octanol–water partition coefficient (Wildman–Crippen LogP) is 1.70. The van der Waals surface area contributed by atoms with Crippen LogP contribution in [0.2, 0.25) is 0 Å². The van der Waals surface area contributed by atoms with Crippen LogP contribution in [0.25, 0.3) is 0 Å². The number of alkyl halides is 3. The number of halogens is 3. The minimum absolute atomic E-state index is 0.0646. The molecule has 2 rings (SSSR count). The number of nitriles is 1. The Kier molecular flexibility index (Phi) is 4.49. The molecule has 0 aromatic carbocycles. The molecule has 1 amide bonds. The van der Waals surface area contributed by atoms with Crippen LogP contribution in [-0.2, 0) is 4.79 Å². The van der Waals surface area contributed by atoms with Crippen molar-refractivity contribution in [2.75, 3.05) is 11.9 Å². The number of piperidine rings is 1. The smallest absolute Gasteiger partial charge is 0.363 e. The molecule has 1 aliphatic heterocycles. The van der Waals surface area contributed by atoms with Crippen LogP contribution in [0.4, 0.5) is 19.0 Å². The summed E-state index contributed by atoms with van der Waals surface area (Å²) in [5.41, 5.74) is 0.0646. The normalized spacial score (nSPS) is 22.0. The van der Waals surface area contributed by atoms with E-state index in [2.05, 4.69) is 15.3 Å². The Hall–Kier alpha value is -2.37. The Morgan fingerprint density at radius 3 is 2.68 bits per heavy atom. The van der Waals surface area contributed by atoms with Crippen molar-refractivity contribution in [3.63, 3.8) is 0 Å². The average Bonchev–Trinajstić information content (AvgIpc) is 2.46. The summed E-state index contributed by atoms with van der Waals surface area (Å²) in [7, 11) is 0. The van der Waals surface area contributed by atoms with Gasteiger partial charge >= 0.3 is 6.18 Å². The summed E-state index contributed by atoms with van der Waals surface area (Å²) in [5.74, 6) is -0.419. The van der Waals surface area contributed by atoms with Gasteiger partial charge in [-0.3, -0.25) is 4.79 Å². The van der Waals surface area contributed by atoms with Crippen molar-refractivity contribution in [2.24, 2.45) is 0 Å². The maximum atomic E-state index is 12.9. The molecule has 1 aromatic heterocycles. The van der Waals surface area contributed by atoms with E-state index in [0.717, 1.165) is 11.8 Å². The molecule has 2 unspecified atom stereocenters. The highest BCUT2D eigenvalue weighted by atomic mass is 19.4. The molecule has 22 heavy (non-hydrogen) atoms. The average molecular weight is 313 g/mol. The Labute approximate surface area is 125 Å². The highest BCUT2D eigenvalue weighted by Gasteiger charge is 2.47. The first-order chi connectivity index (χ1) is 10.3. The third-order valence-corrected chi connectivity index (χ3v) is 3.51. The van der Waals surface area contributed by atoms with Crippen molar-refractivity contribution in [1.82, 2.24) is 14.9 Å². The topological polar surface area (TPSA) is 81.9 Å². The number of nitrogens with one attached hydrogen (secondary N) is 1. The fraction of sp³-hybridized carbons (Fsp3) is 0.538. The Morgan fingerprint density at radius 1 is 1.41 bits per heavy atom. The highest BCUT2D eigenvalue weighted by Crippen LogP contribution is 2.32. The maximum absolute atomic E-state index is 12.9. The highest BCUT2D eigenvalue weighted by molar-refractivity contribution is 5.74. The van der Waals surface area contributed by atoms with E-state index in [1.807, 2.05) is 6.07 Å². The zero-order chi connectivity index (χ0) is 16.3. The molecule has 1 N–H and O–H groups in total. The molecular formula is C13H14F3N5O. The van der Waals surface area contributed by atoms with Crippen molar-refractivity contribution >= 4 is 11.7 Å². The number of carbonyl (C=O) groups excluding carboxylic acids is 1. The van der Waals surface area contributed by atoms with Gasteiger partial charge in [-0.15, -0.1) is 0 Å². The van der Waals surface area contributed by atoms with E-state index in [4.69, 9.17) is 5.26 Å². The lowest BCUT2D eigenvalue weighted by Crippen LogP contribution is -2.55. The molecule has 1 fully saturated rings. The third kappa shape index (κ3) is 3.44. The molecular weight excluding hydrogens is 299 g/mol. The Morgan fingerprint density at radius 2 is 2.09 bits per heavy atom. The predicted molar refractivity (Wildman–Crippen MR) is 70.6 cm³/mol. The SMILES string of the molecule is CC(=O)N1CC(Nc2nccnc2C#N)CCC1C(F)(F)F. The minimum atomic E-state index is -4.44. The molecule has 118 valence electrons. The van der Waals surface area contributed by atoms with Crippen molar-refractivity contribution in [3.05, 3.63) is 18.1 Å². The molecule has 0 spiro atoms. The molecule has 0 bridgehead atoms. The molecule has 9 heteroatoms. The van der Waals surface area contributed by atoms with Gasteiger partial charge in [0.15, 0.2) is 11.5 Å². The van der Waals surface area contributed by atoms with E-state index in [1.54, 1.807) is 0 Å². The van der Waals surface area contributed by atoms with Crippen molar-refractivity contribution in [2.45, 2.75) is 38.0 Å². The van der Waals surface area contributed by atoms with Crippen LogP contribution in [-0.4, -0.2) is 45.6 Å². The number of hydrogen-bond acceptors (Lipinski definition) is 5. The zero-order valence-electron chi connectivity index (χ0n) is 11.8. The summed E-state index contributed by atoms with van der Waals surface area (Å²) in [4.78, 5) is 20.1. The van der Waals surface area contributed by atoms with Crippen LogP contribution in [0.1, 0.15) is 25.5 Å². The van der Waals surface area contributed by atoms with E-state index in [1.165, 1.54) is 12.4 Å². The first kappa shape index (κ1) is 16.0. The van der Waals surface area contributed by atoms with Crippen molar-refractivity contribution < 1.29 is 18.0 Å². The van der Waals surface area contributed by atoms with E-state index >= 15 is 0 Å². The molecule has 1 saturated heterocycles. The van der Waals surface area contributed by atoms with Gasteiger partial charge in [0.05, 0.1) is 0 Å². The molecule has 1 aliphatic rings. The lowest BCUT2D eigenvalue weighted by molar-refractivity contribution is -0.195. The van der Waals surface area contributed by atoms with E-state index in [-0.39, 0.29) is 30.9 Å². The lowest BCUT2D eigenvalue weighted by atomic mass is 9.97. The number of likely N-dealkylation sites (tertiary alicyclic amines) is 1. The van der Waals surface area contributed by atoms with Crippen LogP contribution in [0, 0.1) is 11.3 Å². The van der Waals surface area contributed by atoms with Gasteiger partial charge in [-0.1, -0.05) is 0 Å². The van der Waals surface area contributed by atoms with Crippen LogP contribution in [0.3, 0.4) is 0 Å². The quantitative estimate of drug-likeness (QED) is 0.898. The summed E-state index contributed by atoms with van der Waals surface area (Å²) < 4.78 is 38.8. The number of aromatic nitrogens is 2. The van der Waals surface area contributed by atoms with Gasteiger partial charge in [-0.25, -0.2) is 9.97 Å². The van der Waals surface area contributed by atoms with Gasteiger partial charge in [0.1, 0.15) is 12.1 Å². The number of hydrogen-bond donors (Lipinski definition) is 1. The molecule has 0 saturated carbocycles. The second kappa shape index (κ2) is 6.17. The molecule has 0 aliphatic carbocycles. The van der Waals surface area contributed by atoms with E-state index in [9.17, 15) is 18.0 Å². The van der Waals surface area contributed by atoms with E-state index in [0.29, 0.717) is 0 Å². The van der Waals surface area contributed by atoms with Crippen molar-refractivity contribution in [3.8, 4) is 6.07 Å². The summed E-state index contributed by atoms with van der Waals surface area (Å²) in [6, 6.07) is -0.319. The largest absolute Gasteiger partial charge is 0.408 e. The van der Waals surface area contributed by atoms with Gasteiger partial charge < -0.3 is 10.2 Å². The lowest BCUT2D eigenvalue weighted by Gasteiger charge is -2.40. The summed E-state index contributed by atoms with van der Waals surface area (Å²) in [6.07, 6.45) is -1.68. The number of rotatable bonds is 2. The maximum Gasteiger partial charge on any atom is 0.408 e. The van der Waals surface area contributed by atoms with Gasteiger partial charge in [-0.2, -0.15) is 18.4 Å². The first-order valence-corrected chi connectivity index (χ1v) is 6.64. The minimum Gasteiger partial charge on any atom is -0.363 e. The summed E-state index contributed by atoms with van der Waals surface area (Å²) in [6.45, 7) is 1.02. The molecule has 6 nitrogen and oxygen atoms in total. The zero-order valence-corrected chi connectivity index (χ0v) is 11.8. The van der Waals surface area contributed by atoms with Crippen LogP contribution >= 0.6 is 0 Å². The monoisotopic (exact) mass is 313 g/mol. The van der Waals surface area contributed by atoms with Crippen LogP contribution < -0.4 is 5.32 Å². The van der Waals surface area contributed by atoms with Gasteiger partial charge in [0.2, 0.25) is 5.91 Å². The molecule has 2 atom stereocenters. The summed E-state index contributed by atoms with van der Waals surface area (Å²) in [5, 5.41) is 11.8. The second-order valence-corrected chi connectivity index (χ2v) is 5.01. The van der Waals surface area contributed by atoms with E-state index < -0.39 is 24.2 Å². The van der Waals surface area contributed by atoms with Gasteiger partial charge in [0, 0.05) is 31.9 Å². The summed E-state index contributed by atoms with van der Waals surface area (Å²) >= 11 is 0. The number of carbonyl (C=O) groups is 1. The van der Waals surface area contributed by atoms with Crippen LogP contribution in [0.5, 0.6) is 0 Å². The number of amides is 1. The Balaban J connectivity index is 2.13. The fourth-order valence-corrected chi connectivity index (χ4v) is 2.50. The third-order valence-electron chi connectivity index (χ3n) is 3.51. The van der Waals surface area contributed by atoms with Crippen LogP contribution in [0.15, 0.2) is 12.4 Å². The standard InChI is InChI=1S/C13H14F3N5O/c1-8(22)21-7-9(2-3-11(21)13(14,15)16)20-12-10(6-17)18-4-5-19-12/h4-5,9,11H,2-3,7H2,1H3,(H,19,20). The van der Waals surface area contributed by atoms with Crippen molar-refractivity contribution in [1.29, 1.82) is 5.26 Å². The Bertz CT molecular complexity index is 598. The molecule has 2 heterocycles. The van der Waals surface area contributed by atoms with Gasteiger partial charge in [0.25, 0.3) is 0 Å².